The topological polar surface area (TPSA) is 51.2 Å². The molecule has 1 N–H and O–H groups in total. The van der Waals surface area contributed by atoms with Gasteiger partial charge >= 0.3 is 8.80 Å². The number of hydrogen-bond donors (Lipinski definition) is 1. The lowest BCUT2D eigenvalue weighted by atomic mass is 10.1. The number of benzene rings is 1. The van der Waals surface area contributed by atoms with Crippen LogP contribution in [0.15, 0.2) is 30.3 Å². The van der Waals surface area contributed by atoms with Crippen LogP contribution in [0, 0.1) is 5.92 Å². The molecule has 0 radical (unpaired) electrons. The third kappa shape index (κ3) is 6.90. The predicted molar refractivity (Wildman–Crippen MR) is 100 cm³/mol. The molecule has 1 aromatic carbocycles. The van der Waals surface area contributed by atoms with Crippen LogP contribution in [0.3, 0.4) is 0 Å². The molecule has 0 fully saturated rings. The minimum absolute atomic E-state index is 0.334. The lowest BCUT2D eigenvalue weighted by molar-refractivity contribution is 0.123. The summed E-state index contributed by atoms with van der Waals surface area (Å²) >= 11 is 0. The van der Waals surface area contributed by atoms with Crippen molar-refractivity contribution in [1.29, 1.82) is 0 Å². The molecular formula is C18H33NO4Si. The molecule has 1 aromatic rings. The smallest absolute Gasteiger partial charge is 0.391 e. The first kappa shape index (κ1) is 21.1. The summed E-state index contributed by atoms with van der Waals surface area (Å²) in [5.74, 6) is 0.480. The standard InChI is InChI=1S/C18H33NO4Si/c1-16(2)14-18(20)15-19(17-10-7-6-8-11-17)12-9-13-24(21-3,22-4)23-5/h6-8,10-11,16,18,20H,9,12-15H2,1-5H3. The largest absolute Gasteiger partial charge is 0.500 e. The maximum Gasteiger partial charge on any atom is 0.500 e. The van der Waals surface area contributed by atoms with Gasteiger partial charge in [-0.1, -0.05) is 32.0 Å². The van der Waals surface area contributed by atoms with Gasteiger partial charge in [-0.15, -0.1) is 0 Å². The number of hydrogen-bond acceptors (Lipinski definition) is 5. The summed E-state index contributed by atoms with van der Waals surface area (Å²) in [7, 11) is 2.38. The van der Waals surface area contributed by atoms with Gasteiger partial charge in [-0.2, -0.15) is 0 Å². The van der Waals surface area contributed by atoms with Crippen molar-refractivity contribution in [2.75, 3.05) is 39.3 Å². The second-order valence-corrected chi connectivity index (χ2v) is 9.55. The van der Waals surface area contributed by atoms with E-state index in [2.05, 4.69) is 30.9 Å². The van der Waals surface area contributed by atoms with Gasteiger partial charge in [0.2, 0.25) is 0 Å². The summed E-state index contributed by atoms with van der Waals surface area (Å²) in [6, 6.07) is 11.0. The van der Waals surface area contributed by atoms with Crippen LogP contribution in [0.5, 0.6) is 0 Å². The highest BCUT2D eigenvalue weighted by Gasteiger charge is 2.37. The van der Waals surface area contributed by atoms with Crippen molar-refractivity contribution in [3.05, 3.63) is 30.3 Å². The Morgan fingerprint density at radius 2 is 1.62 bits per heavy atom. The number of aliphatic hydroxyl groups excluding tert-OH is 1. The molecule has 138 valence electrons. The molecule has 0 amide bonds. The van der Waals surface area contributed by atoms with Gasteiger partial charge in [0.15, 0.2) is 0 Å². The van der Waals surface area contributed by atoms with Crippen molar-refractivity contribution < 1.29 is 18.4 Å². The van der Waals surface area contributed by atoms with E-state index in [1.165, 1.54) is 0 Å². The van der Waals surface area contributed by atoms with Crippen LogP contribution in [0.4, 0.5) is 5.69 Å². The minimum atomic E-state index is -2.54. The van der Waals surface area contributed by atoms with Crippen LogP contribution < -0.4 is 4.90 Å². The second kappa shape index (κ2) is 10.8. The fourth-order valence-corrected chi connectivity index (χ4v) is 4.58. The Hall–Kier alpha value is -0.923. The van der Waals surface area contributed by atoms with Gasteiger partial charge in [-0.05, 0) is 30.9 Å². The molecule has 1 unspecified atom stereocenters. The third-order valence-corrected chi connectivity index (χ3v) is 6.97. The van der Waals surface area contributed by atoms with Gasteiger partial charge in [0.1, 0.15) is 0 Å². The summed E-state index contributed by atoms with van der Waals surface area (Å²) in [6.45, 7) is 5.71. The van der Waals surface area contributed by atoms with Crippen LogP contribution in [0.1, 0.15) is 26.7 Å². The van der Waals surface area contributed by atoms with E-state index in [0.717, 1.165) is 31.1 Å². The Morgan fingerprint density at radius 1 is 1.04 bits per heavy atom. The van der Waals surface area contributed by atoms with E-state index >= 15 is 0 Å². The van der Waals surface area contributed by atoms with E-state index < -0.39 is 8.80 Å². The molecular weight excluding hydrogens is 322 g/mol. The van der Waals surface area contributed by atoms with E-state index in [0.29, 0.717) is 12.5 Å². The van der Waals surface area contributed by atoms with E-state index in [-0.39, 0.29) is 6.10 Å². The zero-order valence-corrected chi connectivity index (χ0v) is 16.7. The van der Waals surface area contributed by atoms with E-state index in [1.54, 1.807) is 21.3 Å². The van der Waals surface area contributed by atoms with Crippen molar-refractivity contribution in [1.82, 2.24) is 0 Å². The molecule has 0 aliphatic heterocycles. The Morgan fingerprint density at radius 3 is 2.12 bits per heavy atom. The minimum Gasteiger partial charge on any atom is -0.391 e. The Labute approximate surface area is 147 Å². The molecule has 0 saturated heterocycles. The lowest BCUT2D eigenvalue weighted by Crippen LogP contribution is -2.43. The van der Waals surface area contributed by atoms with Crippen molar-refractivity contribution in [2.45, 2.75) is 38.8 Å². The van der Waals surface area contributed by atoms with Gasteiger partial charge < -0.3 is 23.3 Å². The normalized spacial score (nSPS) is 13.3. The van der Waals surface area contributed by atoms with Crippen molar-refractivity contribution in [2.24, 2.45) is 5.92 Å². The molecule has 24 heavy (non-hydrogen) atoms. The summed E-state index contributed by atoms with van der Waals surface area (Å²) in [5.41, 5.74) is 1.12. The first-order valence-electron chi connectivity index (χ1n) is 8.60. The summed E-state index contributed by atoms with van der Waals surface area (Å²) < 4.78 is 16.5. The van der Waals surface area contributed by atoms with Crippen LogP contribution in [-0.4, -0.2) is 54.4 Å². The van der Waals surface area contributed by atoms with Crippen LogP contribution in [0.2, 0.25) is 6.04 Å². The van der Waals surface area contributed by atoms with E-state index in [1.807, 2.05) is 18.2 Å². The monoisotopic (exact) mass is 355 g/mol. The first-order valence-corrected chi connectivity index (χ1v) is 10.5. The molecule has 0 aliphatic rings. The van der Waals surface area contributed by atoms with E-state index in [9.17, 15) is 5.11 Å². The zero-order chi connectivity index (χ0) is 18.0. The molecule has 0 spiro atoms. The predicted octanol–water partition coefficient (Wildman–Crippen LogP) is 3.17. The summed E-state index contributed by atoms with van der Waals surface area (Å²) in [5, 5.41) is 10.3. The highest BCUT2D eigenvalue weighted by Crippen LogP contribution is 2.20. The molecule has 0 bridgehead atoms. The van der Waals surface area contributed by atoms with Crippen molar-refractivity contribution >= 4 is 14.5 Å². The maximum atomic E-state index is 10.3. The van der Waals surface area contributed by atoms with Crippen molar-refractivity contribution in [3.8, 4) is 0 Å². The molecule has 0 saturated carbocycles. The van der Waals surface area contributed by atoms with Gasteiger partial charge in [-0.25, -0.2) is 0 Å². The zero-order valence-electron chi connectivity index (χ0n) is 15.7. The average Bonchev–Trinajstić information content (AvgIpc) is 2.58. The third-order valence-electron chi connectivity index (χ3n) is 4.14. The highest BCUT2D eigenvalue weighted by molar-refractivity contribution is 6.60. The fraction of sp³-hybridized carbons (Fsp3) is 0.667. The van der Waals surface area contributed by atoms with Crippen LogP contribution >= 0.6 is 0 Å². The highest BCUT2D eigenvalue weighted by atomic mass is 28.4. The van der Waals surface area contributed by atoms with Gasteiger partial charge in [-0.3, -0.25) is 0 Å². The van der Waals surface area contributed by atoms with Gasteiger partial charge in [0.05, 0.1) is 6.10 Å². The molecule has 1 rings (SSSR count). The molecule has 0 heterocycles. The van der Waals surface area contributed by atoms with Crippen LogP contribution in [-0.2, 0) is 13.3 Å². The first-order chi connectivity index (χ1) is 11.5. The van der Waals surface area contributed by atoms with Gasteiger partial charge in [0.25, 0.3) is 0 Å². The maximum absolute atomic E-state index is 10.3. The number of rotatable bonds is 12. The SMILES string of the molecule is CO[Si](CCCN(CC(O)CC(C)C)c1ccccc1)(OC)OC. The van der Waals surface area contributed by atoms with Crippen LogP contribution in [0.25, 0.3) is 0 Å². The molecule has 6 heteroatoms. The summed E-state index contributed by atoms with van der Waals surface area (Å²) in [6.07, 6.45) is 1.35. The molecule has 0 aromatic heterocycles. The second-order valence-electron chi connectivity index (χ2n) is 6.46. The number of anilines is 1. The average molecular weight is 356 g/mol. The number of para-hydroxylation sites is 1. The molecule has 0 aliphatic carbocycles. The molecule has 1 atom stereocenters. The Balaban J connectivity index is 2.69. The fourth-order valence-electron chi connectivity index (χ4n) is 2.88. The lowest BCUT2D eigenvalue weighted by Gasteiger charge is -2.30. The molecule has 5 nitrogen and oxygen atoms in total. The Kier molecular flexibility index (Phi) is 9.54. The number of nitrogens with zero attached hydrogens (tertiary/aromatic N) is 1. The number of aliphatic hydroxyl groups is 1. The van der Waals surface area contributed by atoms with Crippen molar-refractivity contribution in [3.63, 3.8) is 0 Å². The Bertz CT molecular complexity index is 432. The van der Waals surface area contributed by atoms with E-state index in [4.69, 9.17) is 13.3 Å². The summed E-state index contributed by atoms with van der Waals surface area (Å²) in [4.78, 5) is 2.23. The quantitative estimate of drug-likeness (QED) is 0.584. The van der Waals surface area contributed by atoms with Gasteiger partial charge in [0, 0.05) is 46.2 Å².